The first-order valence-electron chi connectivity index (χ1n) is 3.67. The van der Waals surface area contributed by atoms with Gasteiger partial charge in [0.15, 0.2) is 0 Å². The quantitative estimate of drug-likeness (QED) is 0.252. The van der Waals surface area contributed by atoms with Gasteiger partial charge in [-0.15, -0.1) is 0 Å². The third kappa shape index (κ3) is 18.4. The van der Waals surface area contributed by atoms with Gasteiger partial charge in [-0.05, 0) is 6.92 Å². The Morgan fingerprint density at radius 1 is 1.57 bits per heavy atom. The number of hydrogen-bond donors (Lipinski definition) is 3. The van der Waals surface area contributed by atoms with Crippen molar-refractivity contribution in [1.29, 1.82) is 0 Å². The van der Waals surface area contributed by atoms with Crippen LogP contribution >= 0.6 is 0 Å². The molecule has 1 unspecified atom stereocenters. The Hall–Kier alpha value is 0.656. The standard InChI is InChI=1S/C5H8O4.C2H7NO.K.H/c1-3(6)5(8)9-4(2)7;3-1-2-4;;/h3,6H,1-2H3;4H,1-3H2;;/q;;+1;-1. The van der Waals surface area contributed by atoms with Gasteiger partial charge in [0.2, 0.25) is 0 Å². The Bertz CT molecular complexity index is 165. The first-order valence-corrected chi connectivity index (χ1v) is 3.67. The summed E-state index contributed by atoms with van der Waals surface area (Å²) < 4.78 is 3.98. The molecule has 0 fully saturated rings. The van der Waals surface area contributed by atoms with Crippen LogP contribution in [0.3, 0.4) is 0 Å². The molecular weight excluding hydrogens is 217 g/mol. The summed E-state index contributed by atoms with van der Waals surface area (Å²) in [6, 6.07) is 0. The average Bonchev–Trinajstić information content (AvgIpc) is 2.03. The van der Waals surface area contributed by atoms with Gasteiger partial charge in [0.25, 0.3) is 0 Å². The second kappa shape index (κ2) is 13.7. The van der Waals surface area contributed by atoms with Crippen LogP contribution in [0.5, 0.6) is 0 Å². The minimum Gasteiger partial charge on any atom is -1.00 e. The van der Waals surface area contributed by atoms with Gasteiger partial charge in [0, 0.05) is 13.5 Å². The Labute approximate surface area is 127 Å². The third-order valence-corrected chi connectivity index (χ3v) is 0.715. The van der Waals surface area contributed by atoms with Crippen LogP contribution in [0.2, 0.25) is 0 Å². The van der Waals surface area contributed by atoms with Crippen LogP contribution in [0.4, 0.5) is 0 Å². The summed E-state index contributed by atoms with van der Waals surface area (Å²) in [7, 11) is 0. The zero-order chi connectivity index (χ0) is 10.9. The monoisotopic (exact) mass is 233 g/mol. The van der Waals surface area contributed by atoms with Crippen LogP contribution < -0.4 is 57.1 Å². The fourth-order valence-electron chi connectivity index (χ4n) is 0.227. The third-order valence-electron chi connectivity index (χ3n) is 0.715. The molecule has 0 aromatic heterocycles. The van der Waals surface area contributed by atoms with E-state index < -0.39 is 18.0 Å². The van der Waals surface area contributed by atoms with Crippen LogP contribution in [0.15, 0.2) is 0 Å². The summed E-state index contributed by atoms with van der Waals surface area (Å²) in [5, 5.41) is 16.2. The number of nitrogens with two attached hydrogens (primary N) is 1. The van der Waals surface area contributed by atoms with E-state index in [1.807, 2.05) is 0 Å². The minimum atomic E-state index is -1.23. The van der Waals surface area contributed by atoms with E-state index in [1.165, 1.54) is 6.92 Å². The maximum atomic E-state index is 10.3. The van der Waals surface area contributed by atoms with Crippen molar-refractivity contribution in [3.63, 3.8) is 0 Å². The van der Waals surface area contributed by atoms with E-state index in [0.29, 0.717) is 6.54 Å². The van der Waals surface area contributed by atoms with E-state index >= 15 is 0 Å². The second-order valence-corrected chi connectivity index (χ2v) is 2.10. The molecular formula is C7H16KNO5. The molecule has 0 bridgehead atoms. The SMILES string of the molecule is CC(=O)OC(=O)C(C)O.NCCO.[H-].[K+]. The molecule has 0 aromatic carbocycles. The molecule has 0 radical (unpaired) electrons. The molecule has 6 nitrogen and oxygen atoms in total. The van der Waals surface area contributed by atoms with Crippen molar-refractivity contribution < 1.29 is 77.4 Å². The second-order valence-electron chi connectivity index (χ2n) is 2.10. The summed E-state index contributed by atoms with van der Waals surface area (Å²) in [5.41, 5.74) is 4.78. The van der Waals surface area contributed by atoms with E-state index in [0.717, 1.165) is 6.92 Å². The number of esters is 2. The molecule has 80 valence electrons. The van der Waals surface area contributed by atoms with Crippen molar-refractivity contribution in [3.8, 4) is 0 Å². The smallest absolute Gasteiger partial charge is 1.00 e. The Balaban J connectivity index is -0.0000000883. The van der Waals surface area contributed by atoms with Gasteiger partial charge >= 0.3 is 63.3 Å². The molecule has 0 saturated carbocycles. The topological polar surface area (TPSA) is 110 Å². The van der Waals surface area contributed by atoms with Gasteiger partial charge in [0.05, 0.1) is 6.61 Å². The number of carbonyl (C=O) groups is 2. The summed E-state index contributed by atoms with van der Waals surface area (Å²) in [5.74, 6) is -1.62. The zero-order valence-corrected chi connectivity index (χ0v) is 11.8. The summed E-state index contributed by atoms with van der Waals surface area (Å²) in [6.45, 7) is 2.80. The summed E-state index contributed by atoms with van der Waals surface area (Å²) in [6.07, 6.45) is -1.23. The molecule has 7 heteroatoms. The fourth-order valence-corrected chi connectivity index (χ4v) is 0.227. The first kappa shape index (κ1) is 20.1. The first-order chi connectivity index (χ1) is 5.95. The molecule has 0 saturated heterocycles. The number of ether oxygens (including phenoxy) is 1. The van der Waals surface area contributed by atoms with Crippen LogP contribution in [0, 0.1) is 0 Å². The molecule has 0 aliphatic rings. The zero-order valence-electron chi connectivity index (χ0n) is 9.69. The Kier molecular flexibility index (Phi) is 19.6. The number of rotatable bonds is 2. The maximum absolute atomic E-state index is 10.3. The van der Waals surface area contributed by atoms with E-state index in [2.05, 4.69) is 4.74 Å². The number of hydrogen-bond acceptors (Lipinski definition) is 6. The predicted molar refractivity (Wildman–Crippen MR) is 45.7 cm³/mol. The van der Waals surface area contributed by atoms with Crippen LogP contribution in [0.25, 0.3) is 0 Å². The van der Waals surface area contributed by atoms with Crippen molar-refractivity contribution in [2.75, 3.05) is 13.2 Å². The molecule has 0 rings (SSSR count). The van der Waals surface area contributed by atoms with E-state index in [1.54, 1.807) is 0 Å². The largest absolute Gasteiger partial charge is 1.00 e. The predicted octanol–water partition coefficient (Wildman–Crippen LogP) is -4.49. The number of aliphatic hydroxyl groups is 2. The van der Waals surface area contributed by atoms with Gasteiger partial charge in [-0.25, -0.2) is 4.79 Å². The average molecular weight is 233 g/mol. The maximum Gasteiger partial charge on any atom is 1.00 e. The fraction of sp³-hybridized carbons (Fsp3) is 0.714. The summed E-state index contributed by atoms with van der Waals surface area (Å²) >= 11 is 0. The molecule has 0 aromatic rings. The van der Waals surface area contributed by atoms with E-state index in [4.69, 9.17) is 15.9 Å². The van der Waals surface area contributed by atoms with Crippen molar-refractivity contribution in [2.24, 2.45) is 5.73 Å². The molecule has 14 heavy (non-hydrogen) atoms. The van der Waals surface area contributed by atoms with Crippen LogP contribution in [-0.4, -0.2) is 41.4 Å². The normalized spacial score (nSPS) is 10.1. The molecule has 1 atom stereocenters. The van der Waals surface area contributed by atoms with Crippen LogP contribution in [-0.2, 0) is 14.3 Å². The van der Waals surface area contributed by atoms with E-state index in [-0.39, 0.29) is 59.4 Å². The van der Waals surface area contributed by atoms with Crippen molar-refractivity contribution >= 4 is 11.9 Å². The number of carbonyl (C=O) groups excluding carboxylic acids is 2. The van der Waals surface area contributed by atoms with E-state index in [9.17, 15) is 9.59 Å². The molecule has 0 amide bonds. The molecule has 4 N–H and O–H groups in total. The Morgan fingerprint density at radius 3 is 2.00 bits per heavy atom. The van der Waals surface area contributed by atoms with Crippen molar-refractivity contribution in [1.82, 2.24) is 0 Å². The van der Waals surface area contributed by atoms with Crippen LogP contribution in [0.1, 0.15) is 15.3 Å². The summed E-state index contributed by atoms with van der Waals surface area (Å²) in [4.78, 5) is 20.3. The van der Waals surface area contributed by atoms with Gasteiger partial charge in [0.1, 0.15) is 6.10 Å². The van der Waals surface area contributed by atoms with Gasteiger partial charge in [-0.3, -0.25) is 4.79 Å². The molecule has 0 aliphatic heterocycles. The number of aliphatic hydroxyl groups excluding tert-OH is 2. The van der Waals surface area contributed by atoms with Gasteiger partial charge in [-0.2, -0.15) is 0 Å². The van der Waals surface area contributed by atoms with Crippen molar-refractivity contribution in [2.45, 2.75) is 20.0 Å². The van der Waals surface area contributed by atoms with Gasteiger partial charge < -0.3 is 22.1 Å². The molecule has 0 heterocycles. The minimum absolute atomic E-state index is 0. The van der Waals surface area contributed by atoms with Gasteiger partial charge in [-0.1, -0.05) is 0 Å². The van der Waals surface area contributed by atoms with Crippen molar-refractivity contribution in [3.05, 3.63) is 0 Å². The molecule has 0 aliphatic carbocycles. The molecule has 0 spiro atoms. The Morgan fingerprint density at radius 2 is 1.93 bits per heavy atom.